The number of rotatable bonds is 8. The zero-order chi connectivity index (χ0) is 21.4. The van der Waals surface area contributed by atoms with Crippen molar-refractivity contribution in [3.63, 3.8) is 0 Å². The summed E-state index contributed by atoms with van der Waals surface area (Å²) in [6.45, 7) is 2.73. The minimum Gasteiger partial charge on any atom is -0.480 e. The fourth-order valence-corrected chi connectivity index (χ4v) is 2.80. The van der Waals surface area contributed by atoms with Gasteiger partial charge in [0, 0.05) is 0 Å². The van der Waals surface area contributed by atoms with Crippen molar-refractivity contribution in [2.75, 3.05) is 0 Å². The van der Waals surface area contributed by atoms with E-state index >= 15 is 0 Å². The summed E-state index contributed by atoms with van der Waals surface area (Å²) in [5.41, 5.74) is 1.42. The van der Waals surface area contributed by atoms with Gasteiger partial charge in [0.05, 0.1) is 12.8 Å². The fourth-order valence-electron chi connectivity index (χ4n) is 2.80. The lowest BCUT2D eigenvalue weighted by atomic mass is 10.1. The predicted molar refractivity (Wildman–Crippen MR) is 107 cm³/mol. The van der Waals surface area contributed by atoms with Crippen LogP contribution in [0.1, 0.15) is 25.0 Å². The first-order chi connectivity index (χ1) is 13.8. The van der Waals surface area contributed by atoms with Gasteiger partial charge in [0.25, 0.3) is 0 Å². The first kappa shape index (κ1) is 21.8. The molecule has 3 amide bonds. The largest absolute Gasteiger partial charge is 0.480 e. The van der Waals surface area contributed by atoms with E-state index in [2.05, 4.69) is 5.32 Å². The normalized spacial score (nSPS) is 12.5. The van der Waals surface area contributed by atoms with Gasteiger partial charge in [-0.15, -0.1) is 0 Å². The van der Waals surface area contributed by atoms with Gasteiger partial charge >= 0.3 is 5.97 Å². The van der Waals surface area contributed by atoms with Crippen molar-refractivity contribution in [2.24, 2.45) is 0 Å². The highest BCUT2D eigenvalue weighted by Gasteiger charge is 2.32. The summed E-state index contributed by atoms with van der Waals surface area (Å²) in [7, 11) is 0. The molecule has 0 bridgehead atoms. The summed E-state index contributed by atoms with van der Waals surface area (Å²) in [5.74, 6) is -2.96. The molecule has 152 valence electrons. The second-order valence-electron chi connectivity index (χ2n) is 6.73. The summed E-state index contributed by atoms with van der Waals surface area (Å²) >= 11 is 0. The molecule has 0 saturated carbocycles. The topological polar surface area (TPSA) is 104 Å². The van der Waals surface area contributed by atoms with E-state index in [1.165, 1.54) is 13.8 Å². The average molecular weight is 396 g/mol. The summed E-state index contributed by atoms with van der Waals surface area (Å²) in [5, 5.41) is 11.3. The summed E-state index contributed by atoms with van der Waals surface area (Å²) in [4.78, 5) is 50.3. The highest BCUT2D eigenvalue weighted by atomic mass is 16.4. The molecule has 2 atom stereocenters. The van der Waals surface area contributed by atoms with Crippen molar-refractivity contribution in [3.8, 4) is 0 Å². The zero-order valence-corrected chi connectivity index (χ0v) is 16.4. The molecule has 7 nitrogen and oxygen atoms in total. The van der Waals surface area contributed by atoms with Crippen LogP contribution in [0, 0.1) is 0 Å². The molecule has 2 N–H and O–H groups in total. The minimum absolute atomic E-state index is 0.0481. The van der Waals surface area contributed by atoms with Gasteiger partial charge in [-0.3, -0.25) is 24.1 Å². The maximum absolute atomic E-state index is 12.9. The quantitative estimate of drug-likeness (QED) is 0.708. The van der Waals surface area contributed by atoms with Gasteiger partial charge in [0.2, 0.25) is 17.7 Å². The number of hydrogen-bond acceptors (Lipinski definition) is 4. The van der Waals surface area contributed by atoms with Crippen LogP contribution < -0.4 is 5.32 Å². The molecule has 0 fully saturated rings. The Balaban J connectivity index is 2.23. The molecule has 7 heteroatoms. The Kier molecular flexibility index (Phi) is 7.65. The molecule has 2 unspecified atom stereocenters. The Morgan fingerprint density at radius 3 is 1.62 bits per heavy atom. The van der Waals surface area contributed by atoms with Crippen molar-refractivity contribution in [1.29, 1.82) is 0 Å². The van der Waals surface area contributed by atoms with Gasteiger partial charge in [0.1, 0.15) is 12.1 Å². The van der Waals surface area contributed by atoms with Crippen LogP contribution in [0.2, 0.25) is 0 Å². The molecule has 2 aromatic rings. The maximum atomic E-state index is 12.9. The van der Waals surface area contributed by atoms with Crippen molar-refractivity contribution in [3.05, 3.63) is 71.8 Å². The Hall–Kier alpha value is -3.48. The lowest BCUT2D eigenvalue weighted by molar-refractivity contribution is -0.151. The second-order valence-corrected chi connectivity index (χ2v) is 6.73. The Morgan fingerprint density at radius 2 is 1.24 bits per heavy atom. The van der Waals surface area contributed by atoms with Crippen molar-refractivity contribution in [1.82, 2.24) is 10.2 Å². The van der Waals surface area contributed by atoms with E-state index in [1.807, 2.05) is 12.1 Å². The highest BCUT2D eigenvalue weighted by Crippen LogP contribution is 2.11. The first-order valence-electron chi connectivity index (χ1n) is 9.25. The van der Waals surface area contributed by atoms with Crippen LogP contribution >= 0.6 is 0 Å². The highest BCUT2D eigenvalue weighted by molar-refractivity contribution is 6.02. The maximum Gasteiger partial charge on any atom is 0.325 e. The molecule has 0 radical (unpaired) electrons. The van der Waals surface area contributed by atoms with E-state index in [-0.39, 0.29) is 12.8 Å². The third kappa shape index (κ3) is 6.27. The van der Waals surface area contributed by atoms with E-state index in [9.17, 15) is 19.2 Å². The van der Waals surface area contributed by atoms with Crippen LogP contribution in [-0.4, -0.2) is 45.8 Å². The Labute approximate surface area is 169 Å². The molecular weight excluding hydrogens is 372 g/mol. The molecule has 0 heterocycles. The number of hydrogen-bond donors (Lipinski definition) is 2. The molecule has 0 aliphatic rings. The molecule has 0 spiro atoms. The van der Waals surface area contributed by atoms with E-state index in [4.69, 9.17) is 5.11 Å². The van der Waals surface area contributed by atoms with Gasteiger partial charge < -0.3 is 10.4 Å². The fraction of sp³-hybridized carbons (Fsp3) is 0.273. The summed E-state index contributed by atoms with van der Waals surface area (Å²) in [6, 6.07) is 15.5. The van der Waals surface area contributed by atoms with Crippen LogP contribution in [-0.2, 0) is 32.0 Å². The SMILES string of the molecule is CC(NC(=O)C(C)N(C(=O)Cc1ccccc1)C(=O)Cc1ccccc1)C(=O)O. The predicted octanol–water partition coefficient (Wildman–Crippen LogP) is 1.80. The number of nitrogens with one attached hydrogen (secondary N) is 1. The smallest absolute Gasteiger partial charge is 0.325 e. The lowest BCUT2D eigenvalue weighted by Crippen LogP contribution is -2.54. The van der Waals surface area contributed by atoms with E-state index in [0.29, 0.717) is 11.1 Å². The molecule has 0 aromatic heterocycles. The molecule has 0 aliphatic carbocycles. The number of nitrogens with zero attached hydrogens (tertiary/aromatic N) is 1. The Morgan fingerprint density at radius 1 is 0.828 bits per heavy atom. The minimum atomic E-state index is -1.21. The van der Waals surface area contributed by atoms with Crippen LogP contribution in [0.5, 0.6) is 0 Å². The average Bonchev–Trinajstić information content (AvgIpc) is 2.69. The number of aliphatic carboxylic acids is 1. The standard InChI is InChI=1S/C22H24N2O5/c1-15(22(28)29)23-21(27)16(2)24(19(25)13-17-9-5-3-6-10-17)20(26)14-18-11-7-4-8-12-18/h3-12,15-16H,13-14H2,1-2H3,(H,23,27)(H,28,29). The van der Waals surface area contributed by atoms with Crippen molar-refractivity contribution in [2.45, 2.75) is 38.8 Å². The van der Waals surface area contributed by atoms with E-state index < -0.39 is 35.8 Å². The van der Waals surface area contributed by atoms with Crippen LogP contribution in [0.25, 0.3) is 0 Å². The number of imide groups is 1. The molecule has 2 aromatic carbocycles. The summed E-state index contributed by atoms with van der Waals surface area (Å²) < 4.78 is 0. The van der Waals surface area contributed by atoms with Crippen molar-refractivity contribution < 1.29 is 24.3 Å². The second kappa shape index (κ2) is 10.2. The van der Waals surface area contributed by atoms with Crippen LogP contribution in [0.3, 0.4) is 0 Å². The molecular formula is C22H24N2O5. The van der Waals surface area contributed by atoms with E-state index in [1.54, 1.807) is 48.5 Å². The Bertz CT molecular complexity index is 814. The molecule has 0 saturated heterocycles. The van der Waals surface area contributed by atoms with Gasteiger partial charge in [0.15, 0.2) is 0 Å². The third-order valence-electron chi connectivity index (χ3n) is 4.43. The van der Waals surface area contributed by atoms with Gasteiger partial charge in [-0.05, 0) is 25.0 Å². The third-order valence-corrected chi connectivity index (χ3v) is 4.43. The lowest BCUT2D eigenvalue weighted by Gasteiger charge is -2.27. The number of carboxylic acid groups (broad SMARTS) is 1. The summed E-state index contributed by atoms with van der Waals surface area (Å²) in [6.07, 6.45) is -0.0963. The molecule has 0 aliphatic heterocycles. The molecule has 29 heavy (non-hydrogen) atoms. The van der Waals surface area contributed by atoms with Crippen molar-refractivity contribution >= 4 is 23.7 Å². The van der Waals surface area contributed by atoms with Gasteiger partial charge in [-0.2, -0.15) is 0 Å². The number of carboxylic acids is 1. The van der Waals surface area contributed by atoms with Gasteiger partial charge in [-0.25, -0.2) is 0 Å². The van der Waals surface area contributed by atoms with E-state index in [0.717, 1.165) is 4.90 Å². The number of carbonyl (C=O) groups is 4. The number of carbonyl (C=O) groups excluding carboxylic acids is 3. The number of amides is 3. The molecule has 2 rings (SSSR count). The monoisotopic (exact) mass is 396 g/mol. The van der Waals surface area contributed by atoms with Gasteiger partial charge in [-0.1, -0.05) is 60.7 Å². The first-order valence-corrected chi connectivity index (χ1v) is 9.25. The van der Waals surface area contributed by atoms with Crippen LogP contribution in [0.4, 0.5) is 0 Å². The number of benzene rings is 2. The van der Waals surface area contributed by atoms with Crippen LogP contribution in [0.15, 0.2) is 60.7 Å². The zero-order valence-electron chi connectivity index (χ0n) is 16.4.